The number of piperazine rings is 1. The zero-order chi connectivity index (χ0) is 22.3. The van der Waals surface area contributed by atoms with Gasteiger partial charge in [-0.15, -0.1) is 0 Å². The van der Waals surface area contributed by atoms with Gasteiger partial charge < -0.3 is 14.8 Å². The van der Waals surface area contributed by atoms with Crippen molar-refractivity contribution in [3.05, 3.63) is 60.9 Å². The minimum Gasteiger partial charge on any atom is -0.369 e. The lowest BCUT2D eigenvalue weighted by molar-refractivity contribution is 0.313. The molecule has 2 aromatic heterocycles. The van der Waals surface area contributed by atoms with Crippen LogP contribution in [0.4, 0.5) is 5.69 Å². The van der Waals surface area contributed by atoms with Crippen molar-refractivity contribution < 1.29 is 8.42 Å². The molecule has 0 amide bonds. The summed E-state index contributed by atoms with van der Waals surface area (Å²) in [4.78, 5) is 17.6. The number of hydrogen-bond acceptors (Lipinski definition) is 6. The Hall–Kier alpha value is -3.23. The van der Waals surface area contributed by atoms with Gasteiger partial charge in [0.1, 0.15) is 5.52 Å². The highest BCUT2D eigenvalue weighted by Gasteiger charge is 2.15. The van der Waals surface area contributed by atoms with E-state index in [-0.39, 0.29) is 0 Å². The largest absolute Gasteiger partial charge is 0.369 e. The van der Waals surface area contributed by atoms with Crippen molar-refractivity contribution in [3.8, 4) is 22.4 Å². The second kappa shape index (κ2) is 8.03. The lowest BCUT2D eigenvalue weighted by Gasteiger charge is -2.34. The van der Waals surface area contributed by atoms with Crippen molar-refractivity contribution in [2.24, 2.45) is 0 Å². The van der Waals surface area contributed by atoms with Gasteiger partial charge in [0.25, 0.3) is 0 Å². The van der Waals surface area contributed by atoms with E-state index < -0.39 is 9.84 Å². The van der Waals surface area contributed by atoms with Crippen molar-refractivity contribution in [1.29, 1.82) is 0 Å². The Morgan fingerprint density at radius 1 is 0.906 bits per heavy atom. The van der Waals surface area contributed by atoms with Crippen LogP contribution in [0.1, 0.15) is 0 Å². The van der Waals surface area contributed by atoms with Crippen molar-refractivity contribution in [2.75, 3.05) is 44.4 Å². The van der Waals surface area contributed by atoms with E-state index in [1.807, 2.05) is 6.20 Å². The number of hydrogen-bond donors (Lipinski definition) is 1. The highest BCUT2D eigenvalue weighted by Crippen LogP contribution is 2.30. The lowest BCUT2D eigenvalue weighted by atomic mass is 10.1. The molecule has 5 rings (SSSR count). The van der Waals surface area contributed by atoms with Crippen LogP contribution in [0, 0.1) is 0 Å². The van der Waals surface area contributed by atoms with Gasteiger partial charge in [-0.3, -0.25) is 0 Å². The summed E-state index contributed by atoms with van der Waals surface area (Å²) >= 11 is 0. The SMILES string of the molecule is CN1CCN(c2ccc(-c3cnc4[nH]cc(-c5ccc(S(C)(=O)=O)cc5)c4n3)cc2)CC1. The molecule has 0 aliphatic carbocycles. The van der Waals surface area contributed by atoms with E-state index in [1.54, 1.807) is 30.5 Å². The molecular weight excluding hydrogens is 422 g/mol. The Morgan fingerprint density at radius 2 is 1.56 bits per heavy atom. The summed E-state index contributed by atoms with van der Waals surface area (Å²) in [5.41, 5.74) is 6.28. The monoisotopic (exact) mass is 447 g/mol. The first-order chi connectivity index (χ1) is 15.4. The highest BCUT2D eigenvalue weighted by atomic mass is 32.2. The van der Waals surface area contributed by atoms with Crippen molar-refractivity contribution in [1.82, 2.24) is 19.9 Å². The number of fused-ring (bicyclic) bond motifs is 1. The van der Waals surface area contributed by atoms with E-state index >= 15 is 0 Å². The van der Waals surface area contributed by atoms with E-state index in [4.69, 9.17) is 4.98 Å². The van der Waals surface area contributed by atoms with Gasteiger partial charge in [0.05, 0.1) is 16.8 Å². The first-order valence-electron chi connectivity index (χ1n) is 10.6. The maximum absolute atomic E-state index is 11.8. The van der Waals surface area contributed by atoms with Gasteiger partial charge in [0.15, 0.2) is 15.5 Å². The Balaban J connectivity index is 1.45. The molecule has 7 nitrogen and oxygen atoms in total. The molecule has 1 aliphatic rings. The number of likely N-dealkylation sites (N-methyl/N-ethyl adjacent to an activating group) is 1. The summed E-state index contributed by atoms with van der Waals surface area (Å²) in [5, 5.41) is 0. The normalized spacial score (nSPS) is 15.4. The van der Waals surface area contributed by atoms with Crippen LogP contribution in [0.5, 0.6) is 0 Å². The molecule has 0 saturated carbocycles. The Kier molecular flexibility index (Phi) is 5.19. The Bertz CT molecular complexity index is 1350. The highest BCUT2D eigenvalue weighted by molar-refractivity contribution is 7.90. The zero-order valence-corrected chi connectivity index (χ0v) is 18.9. The summed E-state index contributed by atoms with van der Waals surface area (Å²) < 4.78 is 23.5. The molecule has 1 N–H and O–H groups in total. The van der Waals surface area contributed by atoms with Gasteiger partial charge in [0.2, 0.25) is 0 Å². The van der Waals surface area contributed by atoms with E-state index in [1.165, 1.54) is 11.9 Å². The first-order valence-corrected chi connectivity index (χ1v) is 12.5. The minimum absolute atomic E-state index is 0.299. The van der Waals surface area contributed by atoms with Crippen molar-refractivity contribution in [3.63, 3.8) is 0 Å². The number of aromatic nitrogens is 3. The maximum Gasteiger partial charge on any atom is 0.175 e. The minimum atomic E-state index is -3.23. The van der Waals surface area contributed by atoms with Crippen LogP contribution in [-0.2, 0) is 9.84 Å². The maximum atomic E-state index is 11.8. The molecule has 0 spiro atoms. The summed E-state index contributed by atoms with van der Waals surface area (Å²) in [6, 6.07) is 15.3. The standard InChI is InChI=1S/C24H25N5O2S/c1-28-11-13-29(14-12-28)19-7-3-18(4-8-19)22-16-26-24-23(27-22)21(15-25-24)17-5-9-20(10-6-17)32(2,30)31/h3-10,15-16H,11-14H2,1-2H3,(H,25,26). The summed E-state index contributed by atoms with van der Waals surface area (Å²) in [5.74, 6) is 0. The van der Waals surface area contributed by atoms with Gasteiger partial charge in [-0.05, 0) is 36.9 Å². The topological polar surface area (TPSA) is 82.2 Å². The molecule has 0 radical (unpaired) electrons. The number of H-pyrrole nitrogens is 1. The number of anilines is 1. The Morgan fingerprint density at radius 3 is 2.22 bits per heavy atom. The molecule has 1 fully saturated rings. The molecule has 0 bridgehead atoms. The fourth-order valence-corrected chi connectivity index (χ4v) is 4.67. The molecule has 0 unspecified atom stereocenters. The third kappa shape index (κ3) is 3.99. The van der Waals surface area contributed by atoms with Gasteiger partial charge in [0, 0.05) is 55.4 Å². The van der Waals surface area contributed by atoms with Gasteiger partial charge in [-0.2, -0.15) is 0 Å². The van der Waals surface area contributed by atoms with E-state index in [2.05, 4.69) is 51.1 Å². The zero-order valence-electron chi connectivity index (χ0n) is 18.1. The molecule has 8 heteroatoms. The summed E-state index contributed by atoms with van der Waals surface area (Å²) in [6.07, 6.45) is 4.85. The summed E-state index contributed by atoms with van der Waals surface area (Å²) in [6.45, 7) is 4.22. The van der Waals surface area contributed by atoms with Crippen LogP contribution in [0.3, 0.4) is 0 Å². The quantitative estimate of drug-likeness (QED) is 0.516. The average Bonchev–Trinajstić information content (AvgIpc) is 3.22. The van der Waals surface area contributed by atoms with Crippen LogP contribution in [0.2, 0.25) is 0 Å². The second-order valence-corrected chi connectivity index (χ2v) is 10.3. The van der Waals surface area contributed by atoms with Crippen LogP contribution in [-0.4, -0.2) is 67.8 Å². The van der Waals surface area contributed by atoms with Crippen LogP contribution >= 0.6 is 0 Å². The number of benzene rings is 2. The molecule has 4 aromatic rings. The average molecular weight is 448 g/mol. The first kappa shape index (κ1) is 20.7. The van der Waals surface area contributed by atoms with Crippen molar-refractivity contribution >= 4 is 26.7 Å². The predicted molar refractivity (Wildman–Crippen MR) is 128 cm³/mol. The van der Waals surface area contributed by atoms with E-state index in [0.29, 0.717) is 10.5 Å². The molecule has 1 saturated heterocycles. The number of rotatable bonds is 4. The lowest BCUT2D eigenvalue weighted by Crippen LogP contribution is -2.44. The third-order valence-corrected chi connectivity index (χ3v) is 7.13. The molecule has 164 valence electrons. The van der Waals surface area contributed by atoms with Crippen LogP contribution in [0.25, 0.3) is 33.5 Å². The molecule has 0 atom stereocenters. The van der Waals surface area contributed by atoms with E-state index in [9.17, 15) is 8.42 Å². The third-order valence-electron chi connectivity index (χ3n) is 6.01. The van der Waals surface area contributed by atoms with E-state index in [0.717, 1.165) is 54.1 Å². The fourth-order valence-electron chi connectivity index (χ4n) is 4.04. The van der Waals surface area contributed by atoms with Gasteiger partial charge in [-0.1, -0.05) is 24.3 Å². The molecule has 32 heavy (non-hydrogen) atoms. The predicted octanol–water partition coefficient (Wildman–Crippen LogP) is 3.45. The fraction of sp³-hybridized carbons (Fsp3) is 0.250. The van der Waals surface area contributed by atoms with Gasteiger partial charge >= 0.3 is 0 Å². The molecular formula is C24H25N5O2S. The van der Waals surface area contributed by atoms with Crippen LogP contribution in [0.15, 0.2) is 65.8 Å². The molecule has 3 heterocycles. The second-order valence-electron chi connectivity index (χ2n) is 8.29. The Labute approximate surface area is 187 Å². The van der Waals surface area contributed by atoms with Crippen LogP contribution < -0.4 is 4.90 Å². The van der Waals surface area contributed by atoms with Gasteiger partial charge in [-0.25, -0.2) is 18.4 Å². The number of nitrogens with zero attached hydrogens (tertiary/aromatic N) is 4. The number of sulfone groups is 1. The molecule has 1 aliphatic heterocycles. The van der Waals surface area contributed by atoms with Crippen molar-refractivity contribution in [2.45, 2.75) is 4.90 Å². The molecule has 2 aromatic carbocycles. The summed E-state index contributed by atoms with van der Waals surface area (Å²) in [7, 11) is -1.07. The number of nitrogens with one attached hydrogen (secondary N) is 1. The number of aromatic amines is 1. The smallest absolute Gasteiger partial charge is 0.175 e.